The molecule has 144 valence electrons. The Morgan fingerprint density at radius 3 is 2.78 bits per heavy atom. The number of thioether (sulfide) groups is 1. The minimum Gasteiger partial charge on any atom is -0.497 e. The minimum atomic E-state index is -0.964. The molecule has 0 aromatic heterocycles. The third-order valence-electron chi connectivity index (χ3n) is 4.22. The van der Waals surface area contributed by atoms with Crippen LogP contribution in [0.5, 0.6) is 0 Å². The molecule has 0 saturated carbocycles. The van der Waals surface area contributed by atoms with E-state index in [-0.39, 0.29) is 18.9 Å². The summed E-state index contributed by atoms with van der Waals surface area (Å²) in [4.78, 5) is 24.9. The molecule has 2 aliphatic rings. The van der Waals surface area contributed by atoms with Crippen molar-refractivity contribution in [3.8, 4) is 0 Å². The van der Waals surface area contributed by atoms with Gasteiger partial charge in [-0.3, -0.25) is 14.5 Å². The van der Waals surface area contributed by atoms with Crippen LogP contribution >= 0.6 is 24.0 Å². The number of allylic oxidation sites excluding steroid dienone is 8. The van der Waals surface area contributed by atoms with Gasteiger partial charge >= 0.3 is 5.97 Å². The third-order valence-corrected chi connectivity index (χ3v) is 5.60. The summed E-state index contributed by atoms with van der Waals surface area (Å²) in [5.41, 5.74) is 2.71. The second kappa shape index (κ2) is 10.3. The van der Waals surface area contributed by atoms with Crippen molar-refractivity contribution in [2.75, 3.05) is 13.7 Å². The molecule has 1 aliphatic heterocycles. The summed E-state index contributed by atoms with van der Waals surface area (Å²) in [6.45, 7) is 2.24. The number of rotatable bonds is 8. The van der Waals surface area contributed by atoms with Gasteiger partial charge in [-0.15, -0.1) is 0 Å². The van der Waals surface area contributed by atoms with Gasteiger partial charge in [0.1, 0.15) is 10.1 Å². The number of methoxy groups -OCH3 is 1. The fourth-order valence-electron chi connectivity index (χ4n) is 2.60. The maximum absolute atomic E-state index is 12.4. The molecule has 0 bridgehead atoms. The normalized spacial score (nSPS) is 19.7. The number of hydrogen-bond acceptors (Lipinski definition) is 5. The molecular weight excluding hydrogens is 382 g/mol. The Morgan fingerprint density at radius 2 is 2.19 bits per heavy atom. The van der Waals surface area contributed by atoms with E-state index >= 15 is 0 Å². The Morgan fingerprint density at radius 1 is 1.41 bits per heavy atom. The summed E-state index contributed by atoms with van der Waals surface area (Å²) in [6, 6.07) is 0. The lowest BCUT2D eigenvalue weighted by Gasteiger charge is -2.12. The molecule has 1 saturated heterocycles. The van der Waals surface area contributed by atoms with Gasteiger partial charge in [0, 0.05) is 6.54 Å². The number of hydrogen-bond donors (Lipinski definition) is 1. The van der Waals surface area contributed by atoms with E-state index in [4.69, 9.17) is 22.1 Å². The topological polar surface area (TPSA) is 66.8 Å². The molecule has 0 unspecified atom stereocenters. The average molecular weight is 406 g/mol. The molecule has 1 heterocycles. The van der Waals surface area contributed by atoms with Crippen molar-refractivity contribution < 1.29 is 19.4 Å². The fourth-order valence-corrected chi connectivity index (χ4v) is 3.89. The summed E-state index contributed by atoms with van der Waals surface area (Å²) < 4.78 is 5.70. The zero-order valence-electron chi connectivity index (χ0n) is 15.4. The molecular formula is C20H23NO4S2. The van der Waals surface area contributed by atoms with E-state index in [2.05, 4.69) is 19.1 Å². The van der Waals surface area contributed by atoms with Crippen molar-refractivity contribution in [3.05, 3.63) is 58.3 Å². The van der Waals surface area contributed by atoms with Crippen LogP contribution in [0.25, 0.3) is 0 Å². The van der Waals surface area contributed by atoms with Gasteiger partial charge in [0.05, 0.1) is 18.4 Å². The molecule has 2 rings (SSSR count). The molecule has 27 heavy (non-hydrogen) atoms. The van der Waals surface area contributed by atoms with E-state index in [0.29, 0.717) is 15.0 Å². The van der Waals surface area contributed by atoms with Crippen molar-refractivity contribution in [2.24, 2.45) is 0 Å². The molecule has 5 nitrogen and oxygen atoms in total. The Kier molecular flexibility index (Phi) is 8.06. The largest absolute Gasteiger partial charge is 0.497 e. The van der Waals surface area contributed by atoms with Crippen molar-refractivity contribution in [1.29, 1.82) is 0 Å². The van der Waals surface area contributed by atoms with Gasteiger partial charge in [-0.25, -0.2) is 0 Å². The number of carboxylic acid groups (broad SMARTS) is 1. The van der Waals surface area contributed by atoms with E-state index in [9.17, 15) is 9.59 Å². The number of carbonyl (C=O) groups excluding carboxylic acids is 1. The second-order valence-electron chi connectivity index (χ2n) is 6.03. The van der Waals surface area contributed by atoms with Gasteiger partial charge in [-0.05, 0) is 37.0 Å². The first-order valence-corrected chi connectivity index (χ1v) is 9.95. The number of carbonyl (C=O) groups is 2. The van der Waals surface area contributed by atoms with Gasteiger partial charge in [-0.2, -0.15) is 0 Å². The molecule has 0 aromatic rings. The number of aliphatic carboxylic acids is 1. The summed E-state index contributed by atoms with van der Waals surface area (Å²) in [7, 11) is 1.54. The van der Waals surface area contributed by atoms with E-state index in [1.807, 2.05) is 12.2 Å². The maximum Gasteiger partial charge on any atom is 0.305 e. The Hall–Kier alpha value is -2.12. The summed E-state index contributed by atoms with van der Waals surface area (Å²) in [6.07, 6.45) is 14.7. The van der Waals surface area contributed by atoms with E-state index in [1.54, 1.807) is 12.2 Å². The number of nitrogens with zero attached hydrogens (tertiary/aromatic N) is 1. The minimum absolute atomic E-state index is 0.0741. The highest BCUT2D eigenvalue weighted by atomic mass is 32.2. The predicted octanol–water partition coefficient (Wildman–Crippen LogP) is 4.35. The molecule has 1 N–H and O–H groups in total. The van der Waals surface area contributed by atoms with Crippen molar-refractivity contribution in [1.82, 2.24) is 4.90 Å². The van der Waals surface area contributed by atoms with Gasteiger partial charge in [-0.1, -0.05) is 60.8 Å². The lowest BCUT2D eigenvalue weighted by atomic mass is 9.96. The highest BCUT2D eigenvalue weighted by Crippen LogP contribution is 2.32. The van der Waals surface area contributed by atoms with E-state index in [0.717, 1.165) is 31.0 Å². The first-order valence-electron chi connectivity index (χ1n) is 8.72. The van der Waals surface area contributed by atoms with Crippen LogP contribution in [0.3, 0.4) is 0 Å². The molecule has 1 aliphatic carbocycles. The van der Waals surface area contributed by atoms with Crippen LogP contribution < -0.4 is 0 Å². The second-order valence-corrected chi connectivity index (χ2v) is 7.71. The molecule has 7 heteroatoms. The van der Waals surface area contributed by atoms with Gasteiger partial charge in [0.15, 0.2) is 0 Å². The standard InChI is InChI=1S/C20H23NO4S2/c1-3-14-7-9-15(10-8-14)5-4-6-16(25-2)13-17-19(24)21(20(26)27-17)12-11-18(22)23/h4-7,9,13H,3,8,10-12H2,1-2H3,(H,22,23)/b5-4+,16-6-,17-13+. The lowest BCUT2D eigenvalue weighted by Crippen LogP contribution is -2.30. The SMILES string of the molecule is CCC1=CC=C(/C=C/C=C(/C=C2/SC(=S)N(CCC(=O)O)C2=O)OC)CC1. The van der Waals surface area contributed by atoms with Gasteiger partial charge in [0.25, 0.3) is 5.91 Å². The monoisotopic (exact) mass is 405 g/mol. The Labute approximate surface area is 169 Å². The quantitative estimate of drug-likeness (QED) is 0.280. The first kappa shape index (κ1) is 21.2. The molecule has 0 aromatic carbocycles. The fraction of sp³-hybridized carbons (Fsp3) is 0.350. The Bertz CT molecular complexity index is 775. The summed E-state index contributed by atoms with van der Waals surface area (Å²) in [5, 5.41) is 8.78. The molecule has 1 fully saturated rings. The van der Waals surface area contributed by atoms with Crippen molar-refractivity contribution in [2.45, 2.75) is 32.6 Å². The molecule has 0 radical (unpaired) electrons. The van der Waals surface area contributed by atoms with E-state index < -0.39 is 5.97 Å². The lowest BCUT2D eigenvalue weighted by molar-refractivity contribution is -0.137. The number of ether oxygens (including phenoxy) is 1. The van der Waals surface area contributed by atoms with Crippen LogP contribution in [-0.2, 0) is 14.3 Å². The molecule has 1 amide bonds. The van der Waals surface area contributed by atoms with Crippen LogP contribution in [0.2, 0.25) is 0 Å². The van der Waals surface area contributed by atoms with Crippen LogP contribution in [-0.4, -0.2) is 39.9 Å². The molecule has 0 spiro atoms. The third kappa shape index (κ3) is 6.22. The zero-order chi connectivity index (χ0) is 19.8. The van der Waals surface area contributed by atoms with Crippen molar-refractivity contribution >= 4 is 40.2 Å². The van der Waals surface area contributed by atoms with Crippen molar-refractivity contribution in [3.63, 3.8) is 0 Å². The summed E-state index contributed by atoms with van der Waals surface area (Å²) in [5.74, 6) is -0.717. The maximum atomic E-state index is 12.4. The summed E-state index contributed by atoms with van der Waals surface area (Å²) >= 11 is 6.33. The zero-order valence-corrected chi connectivity index (χ0v) is 17.1. The van der Waals surface area contributed by atoms with Crippen LogP contribution in [0.1, 0.15) is 32.6 Å². The number of thiocarbonyl (C=S) groups is 1. The van der Waals surface area contributed by atoms with Crippen LogP contribution in [0, 0.1) is 0 Å². The highest BCUT2D eigenvalue weighted by molar-refractivity contribution is 8.26. The average Bonchev–Trinajstić information content (AvgIpc) is 2.92. The number of carboxylic acids is 1. The van der Waals surface area contributed by atoms with Crippen LogP contribution in [0.15, 0.2) is 58.3 Å². The van der Waals surface area contributed by atoms with Gasteiger partial charge in [0.2, 0.25) is 0 Å². The van der Waals surface area contributed by atoms with E-state index in [1.165, 1.54) is 23.2 Å². The Balaban J connectivity index is 2.06. The highest BCUT2D eigenvalue weighted by Gasteiger charge is 2.32. The van der Waals surface area contributed by atoms with Crippen LogP contribution in [0.4, 0.5) is 0 Å². The smallest absolute Gasteiger partial charge is 0.305 e. The molecule has 0 atom stereocenters. The number of amides is 1. The van der Waals surface area contributed by atoms with Gasteiger partial charge < -0.3 is 9.84 Å². The first-order chi connectivity index (χ1) is 12.9. The predicted molar refractivity (Wildman–Crippen MR) is 112 cm³/mol.